The summed E-state index contributed by atoms with van der Waals surface area (Å²) in [5.74, 6) is -1.31. The first-order valence-electron chi connectivity index (χ1n) is 5.37. The molecule has 88 valence electrons. The molecule has 0 radical (unpaired) electrons. The molecule has 5 heteroatoms. The molecule has 0 amide bonds. The molecule has 1 aromatic carbocycles. The lowest BCUT2D eigenvalue weighted by atomic mass is 9.96. The first kappa shape index (κ1) is 11.3. The molecule has 0 saturated carbocycles. The first-order valence-corrected chi connectivity index (χ1v) is 5.37. The van der Waals surface area contributed by atoms with Crippen molar-refractivity contribution in [2.45, 2.75) is 18.9 Å². The van der Waals surface area contributed by atoms with E-state index in [0.717, 1.165) is 5.56 Å². The van der Waals surface area contributed by atoms with E-state index in [4.69, 9.17) is 0 Å². The zero-order chi connectivity index (χ0) is 12.1. The molecule has 0 spiro atoms. The molecule has 0 saturated heterocycles. The second-order valence-electron chi connectivity index (χ2n) is 3.75. The zero-order valence-electron chi connectivity index (χ0n) is 9.23. The topological polar surface area (TPSA) is 68.0 Å². The number of nitrogens with zero attached hydrogens (tertiary/aromatic N) is 3. The fourth-order valence-corrected chi connectivity index (χ4v) is 1.73. The van der Waals surface area contributed by atoms with E-state index < -0.39 is 11.9 Å². The molecule has 1 atom stereocenters. The minimum atomic E-state index is -0.809. The van der Waals surface area contributed by atoms with Gasteiger partial charge in [-0.05, 0) is 12.0 Å². The fourth-order valence-electron chi connectivity index (χ4n) is 1.73. The third-order valence-electron chi connectivity index (χ3n) is 2.61. The third kappa shape index (κ3) is 2.90. The maximum absolute atomic E-state index is 11.2. The van der Waals surface area contributed by atoms with Gasteiger partial charge in [-0.3, -0.25) is 9.48 Å². The van der Waals surface area contributed by atoms with Gasteiger partial charge in [0.1, 0.15) is 12.7 Å². The summed E-state index contributed by atoms with van der Waals surface area (Å²) in [6, 6.07) is 9.24. The molecule has 17 heavy (non-hydrogen) atoms. The number of carbonyl (C=O) groups is 1. The highest BCUT2D eigenvalue weighted by Crippen LogP contribution is 2.20. The van der Waals surface area contributed by atoms with Gasteiger partial charge in [0.15, 0.2) is 0 Å². The number of aryl methyl sites for hydroxylation is 1. The second kappa shape index (κ2) is 5.25. The van der Waals surface area contributed by atoms with Gasteiger partial charge in [-0.25, -0.2) is 4.98 Å². The van der Waals surface area contributed by atoms with Crippen molar-refractivity contribution in [2.24, 2.45) is 0 Å². The average molecular weight is 231 g/mol. The van der Waals surface area contributed by atoms with Crippen LogP contribution in [0.2, 0.25) is 0 Å². The van der Waals surface area contributed by atoms with Gasteiger partial charge in [-0.15, -0.1) is 0 Å². The van der Waals surface area contributed by atoms with E-state index in [2.05, 4.69) is 10.1 Å². The minimum absolute atomic E-state index is 0.500. The lowest BCUT2D eigenvalue weighted by molar-refractivity contribution is -0.139. The van der Waals surface area contributed by atoms with E-state index in [-0.39, 0.29) is 0 Å². The molecule has 1 N–H and O–H groups in total. The number of benzene rings is 1. The van der Waals surface area contributed by atoms with Crippen molar-refractivity contribution in [3.05, 3.63) is 48.5 Å². The Kier molecular flexibility index (Phi) is 3.49. The number of rotatable bonds is 5. The zero-order valence-corrected chi connectivity index (χ0v) is 9.23. The van der Waals surface area contributed by atoms with E-state index in [1.54, 1.807) is 11.0 Å². The summed E-state index contributed by atoms with van der Waals surface area (Å²) in [4.78, 5) is 15.0. The summed E-state index contributed by atoms with van der Waals surface area (Å²) in [6.45, 7) is 0.547. The number of carboxylic acid groups (broad SMARTS) is 1. The summed E-state index contributed by atoms with van der Waals surface area (Å²) >= 11 is 0. The number of carboxylic acids is 1. The van der Waals surface area contributed by atoms with E-state index in [1.165, 1.54) is 6.33 Å². The number of hydrogen-bond acceptors (Lipinski definition) is 3. The van der Waals surface area contributed by atoms with Crippen LogP contribution in [0.5, 0.6) is 0 Å². The standard InChI is InChI=1S/C12H13N3O2/c16-12(17)11(10-4-2-1-3-5-10)6-7-15-9-13-8-14-15/h1-5,8-9,11H,6-7H2,(H,16,17). The second-order valence-corrected chi connectivity index (χ2v) is 3.75. The van der Waals surface area contributed by atoms with Crippen LogP contribution in [0, 0.1) is 0 Å². The number of aliphatic carboxylic acids is 1. The first-order chi connectivity index (χ1) is 8.27. The molecule has 5 nitrogen and oxygen atoms in total. The molecule has 0 bridgehead atoms. The highest BCUT2D eigenvalue weighted by Gasteiger charge is 2.19. The normalized spacial score (nSPS) is 12.2. The molecular formula is C12H13N3O2. The lowest BCUT2D eigenvalue weighted by Gasteiger charge is -2.12. The summed E-state index contributed by atoms with van der Waals surface area (Å²) in [5.41, 5.74) is 0.820. The van der Waals surface area contributed by atoms with Crippen molar-refractivity contribution >= 4 is 5.97 Å². The molecule has 2 rings (SSSR count). The number of aromatic nitrogens is 3. The van der Waals surface area contributed by atoms with Crippen molar-refractivity contribution in [2.75, 3.05) is 0 Å². The molecule has 2 aromatic rings. The van der Waals surface area contributed by atoms with Crippen molar-refractivity contribution in [3.8, 4) is 0 Å². The summed E-state index contributed by atoms with van der Waals surface area (Å²) in [6.07, 6.45) is 3.53. The van der Waals surface area contributed by atoms with Gasteiger partial charge in [-0.2, -0.15) is 5.10 Å². The molecule has 1 unspecified atom stereocenters. The van der Waals surface area contributed by atoms with Gasteiger partial charge in [0.05, 0.1) is 5.92 Å². The summed E-state index contributed by atoms with van der Waals surface area (Å²) in [5, 5.41) is 13.2. The van der Waals surface area contributed by atoms with E-state index >= 15 is 0 Å². The maximum Gasteiger partial charge on any atom is 0.311 e. The van der Waals surface area contributed by atoms with Crippen molar-refractivity contribution in [1.29, 1.82) is 0 Å². The van der Waals surface area contributed by atoms with Gasteiger partial charge in [0, 0.05) is 6.54 Å². The van der Waals surface area contributed by atoms with E-state index in [0.29, 0.717) is 13.0 Å². The predicted molar refractivity (Wildman–Crippen MR) is 61.5 cm³/mol. The summed E-state index contributed by atoms with van der Waals surface area (Å²) in [7, 11) is 0. The number of hydrogen-bond donors (Lipinski definition) is 1. The third-order valence-corrected chi connectivity index (χ3v) is 2.61. The molecular weight excluding hydrogens is 218 g/mol. The molecule has 0 aliphatic heterocycles. The van der Waals surface area contributed by atoms with Gasteiger partial charge >= 0.3 is 5.97 Å². The Balaban J connectivity index is 2.06. The smallest absolute Gasteiger partial charge is 0.311 e. The Bertz CT molecular complexity index is 468. The largest absolute Gasteiger partial charge is 0.481 e. The monoisotopic (exact) mass is 231 g/mol. The Labute approximate surface area is 98.7 Å². The van der Waals surface area contributed by atoms with Crippen LogP contribution in [0.15, 0.2) is 43.0 Å². The molecule has 1 heterocycles. The quantitative estimate of drug-likeness (QED) is 0.847. The highest BCUT2D eigenvalue weighted by atomic mass is 16.4. The molecule has 0 fully saturated rings. The Morgan fingerprint density at radius 3 is 2.71 bits per heavy atom. The van der Waals surface area contributed by atoms with Crippen LogP contribution in [0.4, 0.5) is 0 Å². The van der Waals surface area contributed by atoms with Crippen molar-refractivity contribution in [3.63, 3.8) is 0 Å². The molecule has 0 aliphatic carbocycles. The summed E-state index contributed by atoms with van der Waals surface area (Å²) < 4.78 is 1.64. The Hall–Kier alpha value is -2.17. The van der Waals surface area contributed by atoms with Crippen LogP contribution in [0.3, 0.4) is 0 Å². The van der Waals surface area contributed by atoms with E-state index in [9.17, 15) is 9.90 Å². The molecule has 0 aliphatic rings. The van der Waals surface area contributed by atoms with Crippen LogP contribution < -0.4 is 0 Å². The lowest BCUT2D eigenvalue weighted by Crippen LogP contribution is -2.14. The highest BCUT2D eigenvalue weighted by molar-refractivity contribution is 5.75. The van der Waals surface area contributed by atoms with Gasteiger partial charge in [0.25, 0.3) is 0 Å². The average Bonchev–Trinajstić information content (AvgIpc) is 2.83. The minimum Gasteiger partial charge on any atom is -0.481 e. The van der Waals surface area contributed by atoms with Crippen molar-refractivity contribution < 1.29 is 9.90 Å². The Morgan fingerprint density at radius 2 is 2.12 bits per heavy atom. The van der Waals surface area contributed by atoms with E-state index in [1.807, 2.05) is 30.3 Å². The molecule has 1 aromatic heterocycles. The SMILES string of the molecule is O=C(O)C(CCn1cncn1)c1ccccc1. The van der Waals surface area contributed by atoms with Crippen LogP contribution in [-0.2, 0) is 11.3 Å². The van der Waals surface area contributed by atoms with Crippen molar-refractivity contribution in [1.82, 2.24) is 14.8 Å². The van der Waals surface area contributed by atoms with Crippen LogP contribution >= 0.6 is 0 Å². The van der Waals surface area contributed by atoms with Crippen LogP contribution in [0.25, 0.3) is 0 Å². The van der Waals surface area contributed by atoms with Gasteiger partial charge < -0.3 is 5.11 Å². The van der Waals surface area contributed by atoms with Crippen LogP contribution in [-0.4, -0.2) is 25.8 Å². The van der Waals surface area contributed by atoms with Gasteiger partial charge in [-0.1, -0.05) is 30.3 Å². The predicted octanol–water partition coefficient (Wildman–Crippen LogP) is 1.54. The Morgan fingerprint density at radius 1 is 1.35 bits per heavy atom. The fraction of sp³-hybridized carbons (Fsp3) is 0.250. The maximum atomic E-state index is 11.2. The van der Waals surface area contributed by atoms with Crippen LogP contribution in [0.1, 0.15) is 17.9 Å². The van der Waals surface area contributed by atoms with Gasteiger partial charge in [0.2, 0.25) is 0 Å².